The Hall–Kier alpha value is -1.23. The van der Waals surface area contributed by atoms with Crippen LogP contribution < -0.4 is 5.73 Å². The minimum absolute atomic E-state index is 0.208. The summed E-state index contributed by atoms with van der Waals surface area (Å²) in [5, 5.41) is 12.3. The number of nitrogens with two attached hydrogens (primary N) is 1. The van der Waals surface area contributed by atoms with E-state index in [0.717, 1.165) is 11.3 Å². The average Bonchev–Trinajstić information content (AvgIpc) is 2.77. The van der Waals surface area contributed by atoms with Gasteiger partial charge < -0.3 is 10.8 Å². The molecule has 0 aliphatic carbocycles. The molecule has 1 aromatic carbocycles. The van der Waals surface area contributed by atoms with Crippen LogP contribution in [0.1, 0.15) is 22.2 Å². The molecule has 2 rings (SSSR count). The summed E-state index contributed by atoms with van der Waals surface area (Å²) in [6.07, 6.45) is -0.653. The highest BCUT2D eigenvalue weighted by molar-refractivity contribution is 7.10. The Kier molecular flexibility index (Phi) is 3.57. The highest BCUT2D eigenvalue weighted by atomic mass is 32.1. The number of aromatic nitrogens is 1. The first-order valence-electron chi connectivity index (χ1n) is 5.53. The molecule has 0 aliphatic heterocycles. The summed E-state index contributed by atoms with van der Waals surface area (Å²) in [7, 11) is 0. The van der Waals surface area contributed by atoms with Crippen molar-refractivity contribution < 1.29 is 5.11 Å². The number of rotatable bonds is 3. The third-order valence-electron chi connectivity index (χ3n) is 2.69. The zero-order chi connectivity index (χ0) is 12.4. The van der Waals surface area contributed by atoms with Crippen LogP contribution >= 0.6 is 11.3 Å². The van der Waals surface area contributed by atoms with Gasteiger partial charge in [-0.05, 0) is 19.4 Å². The zero-order valence-electron chi connectivity index (χ0n) is 9.97. The molecule has 90 valence electrons. The van der Waals surface area contributed by atoms with E-state index in [0.29, 0.717) is 5.01 Å². The van der Waals surface area contributed by atoms with Crippen molar-refractivity contribution in [2.24, 2.45) is 5.73 Å². The maximum Gasteiger partial charge on any atom is 0.123 e. The molecule has 0 amide bonds. The second kappa shape index (κ2) is 4.96. The summed E-state index contributed by atoms with van der Waals surface area (Å²) < 4.78 is 0. The van der Waals surface area contributed by atoms with Gasteiger partial charge in [-0.3, -0.25) is 0 Å². The van der Waals surface area contributed by atoms with Crippen LogP contribution in [0.25, 0.3) is 11.3 Å². The van der Waals surface area contributed by atoms with Crippen molar-refractivity contribution in [2.45, 2.75) is 20.0 Å². The topological polar surface area (TPSA) is 59.1 Å². The van der Waals surface area contributed by atoms with E-state index in [4.69, 9.17) is 5.73 Å². The number of aryl methyl sites for hydroxylation is 2. The fourth-order valence-electron chi connectivity index (χ4n) is 1.77. The first kappa shape index (κ1) is 12.2. The molecular weight excluding hydrogens is 232 g/mol. The Morgan fingerprint density at radius 1 is 1.41 bits per heavy atom. The fourth-order valence-corrected chi connectivity index (χ4v) is 2.58. The largest absolute Gasteiger partial charge is 0.385 e. The van der Waals surface area contributed by atoms with Crippen LogP contribution in [0.5, 0.6) is 0 Å². The standard InChI is InChI=1S/C13H16N2OS/c1-8-3-4-10(9(2)5-8)11-7-17-13(15-11)12(16)6-14/h3-5,7,12,16H,6,14H2,1-2H3. The van der Waals surface area contributed by atoms with Gasteiger partial charge in [-0.25, -0.2) is 4.98 Å². The second-order valence-corrected chi connectivity index (χ2v) is 5.03. The molecule has 0 bridgehead atoms. The number of hydrogen-bond donors (Lipinski definition) is 2. The van der Waals surface area contributed by atoms with E-state index in [2.05, 4.69) is 37.0 Å². The van der Waals surface area contributed by atoms with Gasteiger partial charge >= 0.3 is 0 Å². The van der Waals surface area contributed by atoms with Crippen LogP contribution in [0.15, 0.2) is 23.6 Å². The van der Waals surface area contributed by atoms with E-state index in [1.54, 1.807) is 0 Å². The van der Waals surface area contributed by atoms with E-state index < -0.39 is 6.10 Å². The van der Waals surface area contributed by atoms with Gasteiger partial charge in [-0.15, -0.1) is 11.3 Å². The fraction of sp³-hybridized carbons (Fsp3) is 0.308. The van der Waals surface area contributed by atoms with Crippen molar-refractivity contribution >= 4 is 11.3 Å². The normalized spacial score (nSPS) is 12.7. The van der Waals surface area contributed by atoms with Crippen molar-refractivity contribution in [1.29, 1.82) is 0 Å². The number of thiazole rings is 1. The predicted octanol–water partition coefficient (Wildman–Crippen LogP) is 2.42. The van der Waals surface area contributed by atoms with Gasteiger partial charge in [0.25, 0.3) is 0 Å². The molecule has 1 heterocycles. The Morgan fingerprint density at radius 3 is 2.82 bits per heavy atom. The first-order valence-corrected chi connectivity index (χ1v) is 6.41. The molecule has 0 spiro atoms. The molecule has 0 fully saturated rings. The molecule has 0 saturated carbocycles. The molecule has 1 aromatic heterocycles. The maximum atomic E-state index is 9.63. The van der Waals surface area contributed by atoms with Crippen LogP contribution in [0, 0.1) is 13.8 Å². The Bertz CT molecular complexity index is 522. The molecule has 0 radical (unpaired) electrons. The highest BCUT2D eigenvalue weighted by Gasteiger charge is 2.12. The monoisotopic (exact) mass is 248 g/mol. The van der Waals surface area contributed by atoms with E-state index in [9.17, 15) is 5.11 Å². The minimum atomic E-state index is -0.653. The summed E-state index contributed by atoms with van der Waals surface area (Å²) in [6, 6.07) is 6.27. The van der Waals surface area contributed by atoms with Crippen molar-refractivity contribution in [3.05, 3.63) is 39.7 Å². The number of aliphatic hydroxyl groups is 1. The second-order valence-electron chi connectivity index (χ2n) is 4.14. The lowest BCUT2D eigenvalue weighted by Gasteiger charge is -2.04. The highest BCUT2D eigenvalue weighted by Crippen LogP contribution is 2.27. The van der Waals surface area contributed by atoms with Gasteiger partial charge in [-0.2, -0.15) is 0 Å². The summed E-state index contributed by atoms with van der Waals surface area (Å²) >= 11 is 1.45. The molecule has 4 heteroatoms. The SMILES string of the molecule is Cc1ccc(-c2csc(C(O)CN)n2)c(C)c1. The molecule has 1 unspecified atom stereocenters. The van der Waals surface area contributed by atoms with Gasteiger partial charge in [0.05, 0.1) is 5.69 Å². The quantitative estimate of drug-likeness (QED) is 0.877. The van der Waals surface area contributed by atoms with Crippen LogP contribution in [0.4, 0.5) is 0 Å². The van der Waals surface area contributed by atoms with E-state index in [-0.39, 0.29) is 6.54 Å². The molecule has 0 aliphatic rings. The molecule has 17 heavy (non-hydrogen) atoms. The summed E-state index contributed by atoms with van der Waals surface area (Å²) in [4.78, 5) is 4.43. The van der Waals surface area contributed by atoms with Crippen LogP contribution in [0.3, 0.4) is 0 Å². The number of nitrogens with zero attached hydrogens (tertiary/aromatic N) is 1. The number of hydrogen-bond acceptors (Lipinski definition) is 4. The van der Waals surface area contributed by atoms with Gasteiger partial charge in [0, 0.05) is 17.5 Å². The minimum Gasteiger partial charge on any atom is -0.385 e. The summed E-state index contributed by atoms with van der Waals surface area (Å²) in [5.41, 5.74) is 9.88. The van der Waals surface area contributed by atoms with Crippen LogP contribution in [-0.2, 0) is 0 Å². The maximum absolute atomic E-state index is 9.63. The summed E-state index contributed by atoms with van der Waals surface area (Å²) in [5.74, 6) is 0. The van der Waals surface area contributed by atoms with Crippen LogP contribution in [0.2, 0.25) is 0 Å². The Labute approximate surface area is 105 Å². The molecular formula is C13H16N2OS. The number of aliphatic hydroxyl groups excluding tert-OH is 1. The molecule has 1 atom stereocenters. The third-order valence-corrected chi connectivity index (χ3v) is 3.63. The smallest absolute Gasteiger partial charge is 0.123 e. The van der Waals surface area contributed by atoms with E-state index >= 15 is 0 Å². The van der Waals surface area contributed by atoms with E-state index in [1.807, 2.05) is 5.38 Å². The van der Waals surface area contributed by atoms with Crippen LogP contribution in [-0.4, -0.2) is 16.6 Å². The number of benzene rings is 1. The Balaban J connectivity index is 2.37. The van der Waals surface area contributed by atoms with E-state index in [1.165, 1.54) is 22.5 Å². The van der Waals surface area contributed by atoms with Crippen molar-refractivity contribution in [3.8, 4) is 11.3 Å². The molecule has 3 N–H and O–H groups in total. The summed E-state index contributed by atoms with van der Waals surface area (Å²) in [6.45, 7) is 4.35. The van der Waals surface area contributed by atoms with Gasteiger partial charge in [0.1, 0.15) is 11.1 Å². The van der Waals surface area contributed by atoms with Gasteiger partial charge in [0.2, 0.25) is 0 Å². The predicted molar refractivity (Wildman–Crippen MR) is 71.0 cm³/mol. The first-order chi connectivity index (χ1) is 8.11. The van der Waals surface area contributed by atoms with Crippen molar-refractivity contribution in [2.75, 3.05) is 6.54 Å². The van der Waals surface area contributed by atoms with Gasteiger partial charge in [0.15, 0.2) is 0 Å². The average molecular weight is 248 g/mol. The van der Waals surface area contributed by atoms with Crippen molar-refractivity contribution in [1.82, 2.24) is 4.98 Å². The lowest BCUT2D eigenvalue weighted by molar-refractivity contribution is 0.186. The molecule has 0 saturated heterocycles. The molecule has 2 aromatic rings. The zero-order valence-corrected chi connectivity index (χ0v) is 10.8. The third kappa shape index (κ3) is 2.54. The Morgan fingerprint density at radius 2 is 2.18 bits per heavy atom. The van der Waals surface area contributed by atoms with Gasteiger partial charge in [-0.1, -0.05) is 23.8 Å². The lowest BCUT2D eigenvalue weighted by atomic mass is 10.0. The lowest BCUT2D eigenvalue weighted by Crippen LogP contribution is -2.11. The van der Waals surface area contributed by atoms with Crippen molar-refractivity contribution in [3.63, 3.8) is 0 Å². The molecule has 3 nitrogen and oxygen atoms in total.